The van der Waals surface area contributed by atoms with Crippen LogP contribution in [0, 0.1) is 0 Å². The highest BCUT2D eigenvalue weighted by Crippen LogP contribution is 2.33. The highest BCUT2D eigenvalue weighted by atomic mass is 35.5. The molecule has 1 aliphatic rings. The second kappa shape index (κ2) is 7.07. The van der Waals surface area contributed by atoms with Gasteiger partial charge in [-0.2, -0.15) is 0 Å². The summed E-state index contributed by atoms with van der Waals surface area (Å²) in [6, 6.07) is 3.67. The Hall–Kier alpha value is -1.10. The van der Waals surface area contributed by atoms with Gasteiger partial charge in [-0.15, -0.1) is 0 Å². The van der Waals surface area contributed by atoms with Crippen LogP contribution >= 0.6 is 11.6 Å². The molecule has 0 atom stereocenters. The Kier molecular flexibility index (Phi) is 5.40. The maximum absolute atomic E-state index is 12.3. The van der Waals surface area contributed by atoms with Crippen molar-refractivity contribution >= 4 is 17.4 Å². The number of carbonyl (C=O) groups excluding carboxylic acids is 1. The second-order valence-electron chi connectivity index (χ2n) is 4.54. The number of rotatable bonds is 7. The zero-order valence-electron chi connectivity index (χ0n) is 11.8. The van der Waals surface area contributed by atoms with Crippen LogP contribution in [-0.2, 0) is 27.1 Å². The molecule has 0 saturated carbocycles. The molecule has 1 heterocycles. The molecular weight excluding hydrogens is 280 g/mol. The molecule has 0 N–H and O–H groups in total. The number of hydrogen-bond acceptors (Lipinski definition) is 4. The first-order chi connectivity index (χ1) is 9.65. The van der Waals surface area contributed by atoms with Crippen LogP contribution in [0.3, 0.4) is 0 Å². The van der Waals surface area contributed by atoms with E-state index in [2.05, 4.69) is 0 Å². The largest absolute Gasteiger partial charge is 0.493 e. The van der Waals surface area contributed by atoms with E-state index < -0.39 is 6.29 Å². The molecule has 0 radical (unpaired) electrons. The quantitative estimate of drug-likeness (QED) is 0.726. The third-order valence-electron chi connectivity index (χ3n) is 3.09. The van der Waals surface area contributed by atoms with Gasteiger partial charge in [0.15, 0.2) is 5.78 Å². The first-order valence-corrected chi connectivity index (χ1v) is 7.23. The summed E-state index contributed by atoms with van der Waals surface area (Å²) >= 11 is 6.08. The monoisotopic (exact) mass is 298 g/mol. The van der Waals surface area contributed by atoms with Gasteiger partial charge in [-0.1, -0.05) is 11.6 Å². The molecule has 0 unspecified atom stereocenters. The van der Waals surface area contributed by atoms with Gasteiger partial charge in [0.2, 0.25) is 6.29 Å². The fraction of sp³-hybridized carbons (Fsp3) is 0.533. The Bertz CT molecular complexity index is 481. The molecule has 20 heavy (non-hydrogen) atoms. The topological polar surface area (TPSA) is 44.8 Å². The van der Waals surface area contributed by atoms with Crippen molar-refractivity contribution in [1.29, 1.82) is 0 Å². The molecule has 2 rings (SSSR count). The van der Waals surface area contributed by atoms with Gasteiger partial charge in [0, 0.05) is 36.6 Å². The molecule has 1 aliphatic heterocycles. The predicted molar refractivity (Wildman–Crippen MR) is 76.4 cm³/mol. The number of carbonyl (C=O) groups is 1. The molecule has 0 bridgehead atoms. The first-order valence-electron chi connectivity index (χ1n) is 6.85. The van der Waals surface area contributed by atoms with Crippen molar-refractivity contribution in [3.63, 3.8) is 0 Å². The summed E-state index contributed by atoms with van der Waals surface area (Å²) in [5, 5.41) is 0.626. The normalized spacial score (nSPS) is 13.4. The van der Waals surface area contributed by atoms with Crippen LogP contribution in [0.4, 0.5) is 0 Å². The van der Waals surface area contributed by atoms with Gasteiger partial charge >= 0.3 is 0 Å². The molecule has 110 valence electrons. The standard InChI is InChI=1S/C15H19ClO4/c1-3-18-15(19-4-2)13(17)9-11-8-12(16)7-10-5-6-20-14(10)11/h7-8,15H,3-6,9H2,1-2H3. The SMILES string of the molecule is CCOC(OCC)C(=O)Cc1cc(Cl)cc2c1OCC2. The smallest absolute Gasteiger partial charge is 0.218 e. The van der Waals surface area contributed by atoms with Crippen LogP contribution in [0.5, 0.6) is 5.75 Å². The van der Waals surface area contributed by atoms with Crippen LogP contribution in [0.1, 0.15) is 25.0 Å². The van der Waals surface area contributed by atoms with Gasteiger partial charge in [-0.05, 0) is 31.5 Å². The predicted octanol–water partition coefficient (Wildman–Crippen LogP) is 2.79. The van der Waals surface area contributed by atoms with E-state index in [9.17, 15) is 4.79 Å². The Morgan fingerprint density at radius 2 is 2.05 bits per heavy atom. The number of fused-ring (bicyclic) bond motifs is 1. The van der Waals surface area contributed by atoms with Gasteiger partial charge in [-0.25, -0.2) is 0 Å². The number of Topliss-reactive ketones (excluding diaryl/α,β-unsaturated/α-hetero) is 1. The van der Waals surface area contributed by atoms with E-state index in [1.165, 1.54) is 0 Å². The third-order valence-corrected chi connectivity index (χ3v) is 3.31. The zero-order valence-corrected chi connectivity index (χ0v) is 12.5. The Labute approximate surface area is 124 Å². The maximum atomic E-state index is 12.3. The molecule has 0 aliphatic carbocycles. The number of halogens is 1. The summed E-state index contributed by atoms with van der Waals surface area (Å²) in [6.45, 7) is 5.16. The van der Waals surface area contributed by atoms with Gasteiger partial charge < -0.3 is 14.2 Å². The average Bonchev–Trinajstić information content (AvgIpc) is 2.86. The Balaban J connectivity index is 2.15. The first kappa shape index (κ1) is 15.3. The number of ether oxygens (including phenoxy) is 3. The lowest BCUT2D eigenvalue weighted by Gasteiger charge is -2.16. The van der Waals surface area contributed by atoms with Crippen molar-refractivity contribution in [2.75, 3.05) is 19.8 Å². The second-order valence-corrected chi connectivity index (χ2v) is 4.97. The van der Waals surface area contributed by atoms with E-state index in [1.807, 2.05) is 19.9 Å². The molecule has 1 aromatic rings. The average molecular weight is 299 g/mol. The highest BCUT2D eigenvalue weighted by molar-refractivity contribution is 6.30. The Morgan fingerprint density at radius 1 is 1.35 bits per heavy atom. The van der Waals surface area contributed by atoms with Crippen LogP contribution in [0.15, 0.2) is 12.1 Å². The van der Waals surface area contributed by atoms with Gasteiger partial charge in [0.05, 0.1) is 6.61 Å². The van der Waals surface area contributed by atoms with Crippen molar-refractivity contribution in [1.82, 2.24) is 0 Å². The van der Waals surface area contributed by atoms with Crippen LogP contribution in [0.25, 0.3) is 0 Å². The van der Waals surface area contributed by atoms with Crippen molar-refractivity contribution in [2.24, 2.45) is 0 Å². The van der Waals surface area contributed by atoms with Crippen LogP contribution in [-0.4, -0.2) is 31.9 Å². The van der Waals surface area contributed by atoms with E-state index in [0.29, 0.717) is 24.8 Å². The van der Waals surface area contributed by atoms with E-state index in [0.717, 1.165) is 23.3 Å². The van der Waals surface area contributed by atoms with Crippen molar-refractivity contribution in [3.8, 4) is 5.75 Å². The number of hydrogen-bond donors (Lipinski definition) is 0. The molecule has 0 saturated heterocycles. The summed E-state index contributed by atoms with van der Waals surface area (Å²) in [6.07, 6.45) is 0.214. The van der Waals surface area contributed by atoms with Crippen molar-refractivity contribution in [2.45, 2.75) is 33.0 Å². The lowest BCUT2D eigenvalue weighted by Crippen LogP contribution is -2.29. The molecule has 0 aromatic heterocycles. The highest BCUT2D eigenvalue weighted by Gasteiger charge is 2.24. The minimum atomic E-state index is -0.818. The fourth-order valence-corrected chi connectivity index (χ4v) is 2.55. The molecule has 1 aromatic carbocycles. The molecule has 0 fully saturated rings. The number of ketones is 1. The van der Waals surface area contributed by atoms with Gasteiger partial charge in [0.25, 0.3) is 0 Å². The molecule has 0 amide bonds. The number of benzene rings is 1. The molecule has 0 spiro atoms. The van der Waals surface area contributed by atoms with Crippen molar-refractivity contribution < 1.29 is 19.0 Å². The molecule has 4 nitrogen and oxygen atoms in total. The molecule has 5 heteroatoms. The van der Waals surface area contributed by atoms with E-state index in [-0.39, 0.29) is 12.2 Å². The molecular formula is C15H19ClO4. The maximum Gasteiger partial charge on any atom is 0.218 e. The Morgan fingerprint density at radius 3 is 2.70 bits per heavy atom. The van der Waals surface area contributed by atoms with E-state index in [4.69, 9.17) is 25.8 Å². The summed E-state index contributed by atoms with van der Waals surface area (Å²) in [5.41, 5.74) is 1.86. The van der Waals surface area contributed by atoms with Gasteiger partial charge in [0.1, 0.15) is 5.75 Å². The zero-order chi connectivity index (χ0) is 14.5. The summed E-state index contributed by atoms with van der Waals surface area (Å²) in [7, 11) is 0. The lowest BCUT2D eigenvalue weighted by molar-refractivity contribution is -0.167. The third kappa shape index (κ3) is 3.51. The summed E-state index contributed by atoms with van der Waals surface area (Å²) in [4.78, 5) is 12.3. The van der Waals surface area contributed by atoms with Gasteiger partial charge in [-0.3, -0.25) is 4.79 Å². The van der Waals surface area contributed by atoms with Crippen LogP contribution in [0.2, 0.25) is 5.02 Å². The van der Waals surface area contributed by atoms with E-state index >= 15 is 0 Å². The lowest BCUT2D eigenvalue weighted by atomic mass is 10.0. The minimum absolute atomic E-state index is 0.117. The van der Waals surface area contributed by atoms with Crippen LogP contribution < -0.4 is 4.74 Å². The fourth-order valence-electron chi connectivity index (χ4n) is 2.29. The van der Waals surface area contributed by atoms with Crippen molar-refractivity contribution in [3.05, 3.63) is 28.3 Å². The van der Waals surface area contributed by atoms with E-state index in [1.54, 1.807) is 6.07 Å². The summed E-state index contributed by atoms with van der Waals surface area (Å²) in [5.74, 6) is 0.670. The minimum Gasteiger partial charge on any atom is -0.493 e. The summed E-state index contributed by atoms with van der Waals surface area (Å²) < 4.78 is 16.2.